The fraction of sp³-hybridized carbons (Fsp3) is 0.500. The van der Waals surface area contributed by atoms with E-state index in [0.717, 1.165) is 12.1 Å². The highest BCUT2D eigenvalue weighted by Crippen LogP contribution is 2.44. The number of benzene rings is 1. The fourth-order valence-electron chi connectivity index (χ4n) is 1.66. The second-order valence-corrected chi connectivity index (χ2v) is 4.75. The maximum absolute atomic E-state index is 12.6. The summed E-state index contributed by atoms with van der Waals surface area (Å²) in [5.41, 5.74) is 1.61. The third-order valence-corrected chi connectivity index (χ3v) is 2.98. The van der Waals surface area contributed by atoms with Gasteiger partial charge < -0.3 is 5.32 Å². The summed E-state index contributed by atoms with van der Waals surface area (Å²) in [5, 5.41) is 3.46. The molecule has 1 saturated carbocycles. The van der Waals surface area contributed by atoms with Gasteiger partial charge in [-0.2, -0.15) is 0 Å². The Bertz CT molecular complexity index is 316. The van der Waals surface area contributed by atoms with Gasteiger partial charge in [0.05, 0.1) is 0 Å². The predicted molar refractivity (Wildman–Crippen MR) is 55.4 cm³/mol. The van der Waals surface area contributed by atoms with Gasteiger partial charge in [0.15, 0.2) is 0 Å². The average Bonchev–Trinajstić information content (AvgIpc) is 2.73. The van der Waals surface area contributed by atoms with Crippen molar-refractivity contribution in [3.05, 3.63) is 35.6 Å². The zero-order chi connectivity index (χ0) is 10.2. The molecule has 2 heteroatoms. The Morgan fingerprint density at radius 2 is 1.93 bits per heavy atom. The Hall–Kier alpha value is -0.890. The van der Waals surface area contributed by atoms with Gasteiger partial charge in [-0.25, -0.2) is 4.39 Å². The van der Waals surface area contributed by atoms with E-state index in [4.69, 9.17) is 0 Å². The van der Waals surface area contributed by atoms with Crippen LogP contribution in [0.3, 0.4) is 0 Å². The summed E-state index contributed by atoms with van der Waals surface area (Å²) < 4.78 is 12.6. The summed E-state index contributed by atoms with van der Waals surface area (Å²) in [4.78, 5) is 0. The SMILES string of the molecule is CC1(C)CC1NCc1ccc(F)cc1. The van der Waals surface area contributed by atoms with E-state index in [2.05, 4.69) is 19.2 Å². The van der Waals surface area contributed by atoms with E-state index in [1.165, 1.54) is 18.6 Å². The van der Waals surface area contributed by atoms with Crippen LogP contribution in [0.5, 0.6) is 0 Å². The van der Waals surface area contributed by atoms with Crippen molar-refractivity contribution >= 4 is 0 Å². The van der Waals surface area contributed by atoms with E-state index in [1.54, 1.807) is 0 Å². The molecule has 0 spiro atoms. The second-order valence-electron chi connectivity index (χ2n) is 4.75. The molecule has 0 aromatic heterocycles. The van der Waals surface area contributed by atoms with Gasteiger partial charge in [0.25, 0.3) is 0 Å². The molecule has 0 aliphatic heterocycles. The van der Waals surface area contributed by atoms with Gasteiger partial charge in [-0.15, -0.1) is 0 Å². The first kappa shape index (κ1) is 9.66. The van der Waals surface area contributed by atoms with Gasteiger partial charge in [-0.1, -0.05) is 26.0 Å². The molecule has 1 aromatic carbocycles. The standard InChI is InChI=1S/C12H16FN/c1-12(2)7-11(12)14-8-9-3-5-10(13)6-4-9/h3-6,11,14H,7-8H2,1-2H3. The van der Waals surface area contributed by atoms with E-state index in [9.17, 15) is 4.39 Å². The second kappa shape index (κ2) is 3.35. The van der Waals surface area contributed by atoms with E-state index in [-0.39, 0.29) is 5.82 Å². The van der Waals surface area contributed by atoms with Crippen molar-refractivity contribution in [2.45, 2.75) is 32.9 Å². The lowest BCUT2D eigenvalue weighted by Gasteiger charge is -2.06. The zero-order valence-electron chi connectivity index (χ0n) is 8.68. The van der Waals surface area contributed by atoms with Gasteiger partial charge in [-0.05, 0) is 29.5 Å². The number of rotatable bonds is 3. The maximum atomic E-state index is 12.6. The Morgan fingerprint density at radius 1 is 1.36 bits per heavy atom. The summed E-state index contributed by atoms with van der Waals surface area (Å²) in [5.74, 6) is -0.166. The molecule has 1 atom stereocenters. The molecule has 1 aliphatic rings. The van der Waals surface area contributed by atoms with Crippen LogP contribution in [-0.2, 0) is 6.54 Å². The van der Waals surface area contributed by atoms with Crippen LogP contribution in [0.4, 0.5) is 4.39 Å². The first-order valence-electron chi connectivity index (χ1n) is 5.06. The predicted octanol–water partition coefficient (Wildman–Crippen LogP) is 2.71. The molecule has 2 rings (SSSR count). The van der Waals surface area contributed by atoms with Crippen LogP contribution in [0, 0.1) is 11.2 Å². The first-order valence-corrected chi connectivity index (χ1v) is 5.06. The number of hydrogen-bond acceptors (Lipinski definition) is 1. The van der Waals surface area contributed by atoms with Crippen molar-refractivity contribution in [1.82, 2.24) is 5.32 Å². The molecule has 1 aliphatic carbocycles. The summed E-state index contributed by atoms with van der Waals surface area (Å²) in [7, 11) is 0. The largest absolute Gasteiger partial charge is 0.309 e. The molecule has 1 unspecified atom stereocenters. The minimum atomic E-state index is -0.166. The topological polar surface area (TPSA) is 12.0 Å². The molecule has 1 aromatic rings. The van der Waals surface area contributed by atoms with Gasteiger partial charge in [0.1, 0.15) is 5.82 Å². The highest BCUT2D eigenvalue weighted by atomic mass is 19.1. The summed E-state index contributed by atoms with van der Waals surface area (Å²) in [6, 6.07) is 7.31. The van der Waals surface area contributed by atoms with Crippen molar-refractivity contribution in [2.24, 2.45) is 5.41 Å². The molecule has 0 heterocycles. The molecular formula is C12H16FN. The summed E-state index contributed by atoms with van der Waals surface area (Å²) in [6.07, 6.45) is 1.24. The molecule has 0 saturated heterocycles. The average molecular weight is 193 g/mol. The van der Waals surface area contributed by atoms with Crippen LogP contribution in [0.1, 0.15) is 25.8 Å². The molecule has 0 bridgehead atoms. The highest BCUT2D eigenvalue weighted by Gasteiger charge is 2.44. The van der Waals surface area contributed by atoms with Crippen molar-refractivity contribution in [3.63, 3.8) is 0 Å². The van der Waals surface area contributed by atoms with Crippen LogP contribution < -0.4 is 5.32 Å². The molecule has 14 heavy (non-hydrogen) atoms. The lowest BCUT2D eigenvalue weighted by molar-refractivity contribution is 0.541. The number of nitrogens with one attached hydrogen (secondary N) is 1. The summed E-state index contributed by atoms with van der Waals surface area (Å²) >= 11 is 0. The molecule has 1 nitrogen and oxygen atoms in total. The van der Waals surface area contributed by atoms with Crippen LogP contribution in [0.25, 0.3) is 0 Å². The molecular weight excluding hydrogens is 177 g/mol. The van der Waals surface area contributed by atoms with E-state index < -0.39 is 0 Å². The minimum absolute atomic E-state index is 0.166. The first-order chi connectivity index (χ1) is 6.58. The van der Waals surface area contributed by atoms with Gasteiger partial charge in [-0.3, -0.25) is 0 Å². The molecule has 1 fully saturated rings. The summed E-state index contributed by atoms with van der Waals surface area (Å²) in [6.45, 7) is 5.36. The molecule has 0 amide bonds. The van der Waals surface area contributed by atoms with Crippen molar-refractivity contribution in [3.8, 4) is 0 Å². The highest BCUT2D eigenvalue weighted by molar-refractivity contribution is 5.16. The monoisotopic (exact) mass is 193 g/mol. The maximum Gasteiger partial charge on any atom is 0.123 e. The Labute approximate surface area is 84.3 Å². The van der Waals surface area contributed by atoms with Crippen molar-refractivity contribution in [1.29, 1.82) is 0 Å². The van der Waals surface area contributed by atoms with Crippen molar-refractivity contribution < 1.29 is 4.39 Å². The Balaban J connectivity index is 1.84. The normalized spacial score (nSPS) is 23.5. The van der Waals surface area contributed by atoms with Gasteiger partial charge in [0.2, 0.25) is 0 Å². The van der Waals surface area contributed by atoms with Crippen LogP contribution in [-0.4, -0.2) is 6.04 Å². The Morgan fingerprint density at radius 3 is 2.43 bits per heavy atom. The quantitative estimate of drug-likeness (QED) is 0.778. The third kappa shape index (κ3) is 2.13. The third-order valence-electron chi connectivity index (χ3n) is 2.98. The zero-order valence-corrected chi connectivity index (χ0v) is 8.68. The fourth-order valence-corrected chi connectivity index (χ4v) is 1.66. The molecule has 76 valence electrons. The Kier molecular flexibility index (Phi) is 2.31. The van der Waals surface area contributed by atoms with Crippen molar-refractivity contribution in [2.75, 3.05) is 0 Å². The lowest BCUT2D eigenvalue weighted by atomic mass is 10.2. The van der Waals surface area contributed by atoms with Gasteiger partial charge >= 0.3 is 0 Å². The van der Waals surface area contributed by atoms with Crippen LogP contribution in [0.15, 0.2) is 24.3 Å². The van der Waals surface area contributed by atoms with E-state index in [1.807, 2.05) is 12.1 Å². The van der Waals surface area contributed by atoms with E-state index >= 15 is 0 Å². The van der Waals surface area contributed by atoms with E-state index in [0.29, 0.717) is 11.5 Å². The smallest absolute Gasteiger partial charge is 0.123 e. The number of halogens is 1. The molecule has 1 N–H and O–H groups in total. The van der Waals surface area contributed by atoms with Crippen LogP contribution >= 0.6 is 0 Å². The van der Waals surface area contributed by atoms with Crippen LogP contribution in [0.2, 0.25) is 0 Å². The molecule has 0 radical (unpaired) electrons. The number of hydrogen-bond donors (Lipinski definition) is 1. The minimum Gasteiger partial charge on any atom is -0.309 e. The lowest BCUT2D eigenvalue weighted by Crippen LogP contribution is -2.19. The van der Waals surface area contributed by atoms with Gasteiger partial charge in [0, 0.05) is 12.6 Å².